The highest BCUT2D eigenvalue weighted by atomic mass is 16.1. The summed E-state index contributed by atoms with van der Waals surface area (Å²) in [6.45, 7) is 1.81. The lowest BCUT2D eigenvalue weighted by molar-refractivity contribution is 0.103. The van der Waals surface area contributed by atoms with Gasteiger partial charge in [-0.2, -0.15) is 0 Å². The number of hydrogen-bond acceptors (Lipinski definition) is 3. The molecular formula is C20H14N2O. The lowest BCUT2D eigenvalue weighted by Crippen LogP contribution is -2.08. The number of carbonyl (C=O) groups excluding carboxylic acids is 1. The molecule has 0 saturated carbocycles. The van der Waals surface area contributed by atoms with Crippen LogP contribution in [0.1, 0.15) is 21.9 Å². The second-order valence-corrected chi connectivity index (χ2v) is 5.49. The maximum absolute atomic E-state index is 13.1. The van der Waals surface area contributed by atoms with Crippen molar-refractivity contribution in [2.24, 2.45) is 0 Å². The van der Waals surface area contributed by atoms with E-state index in [1.807, 2.05) is 73.7 Å². The van der Waals surface area contributed by atoms with Crippen LogP contribution in [0.5, 0.6) is 0 Å². The molecule has 0 spiro atoms. The Bertz CT molecular complexity index is 1050. The molecule has 0 N–H and O–H groups in total. The molecule has 0 aliphatic carbocycles. The second-order valence-electron chi connectivity index (χ2n) is 5.49. The van der Waals surface area contributed by atoms with E-state index in [0.717, 1.165) is 21.7 Å². The second kappa shape index (κ2) is 5.29. The highest BCUT2D eigenvalue weighted by molar-refractivity contribution is 6.19. The number of ketones is 1. The number of carbonyl (C=O) groups is 1. The molecule has 1 aromatic heterocycles. The van der Waals surface area contributed by atoms with Gasteiger partial charge in [0.05, 0.1) is 5.52 Å². The van der Waals surface area contributed by atoms with Crippen molar-refractivity contribution in [2.75, 3.05) is 0 Å². The molecule has 4 rings (SSSR count). The zero-order chi connectivity index (χ0) is 15.8. The minimum atomic E-state index is -0.0662. The van der Waals surface area contributed by atoms with Gasteiger partial charge in [0, 0.05) is 10.9 Å². The van der Waals surface area contributed by atoms with Crippen molar-refractivity contribution < 1.29 is 4.79 Å². The van der Waals surface area contributed by atoms with Crippen LogP contribution >= 0.6 is 0 Å². The first-order chi connectivity index (χ1) is 11.2. The Morgan fingerprint density at radius 1 is 0.783 bits per heavy atom. The van der Waals surface area contributed by atoms with E-state index >= 15 is 0 Å². The minimum Gasteiger partial charge on any atom is -0.287 e. The molecule has 0 saturated heterocycles. The van der Waals surface area contributed by atoms with Crippen molar-refractivity contribution in [3.8, 4) is 0 Å². The number of fused-ring (bicyclic) bond motifs is 2. The molecule has 0 amide bonds. The predicted molar refractivity (Wildman–Crippen MR) is 91.7 cm³/mol. The summed E-state index contributed by atoms with van der Waals surface area (Å²) in [4.78, 5) is 22.0. The van der Waals surface area contributed by atoms with E-state index in [9.17, 15) is 4.79 Å². The van der Waals surface area contributed by atoms with E-state index in [2.05, 4.69) is 9.97 Å². The van der Waals surface area contributed by atoms with Gasteiger partial charge in [-0.3, -0.25) is 4.79 Å². The highest BCUT2D eigenvalue weighted by Gasteiger charge is 2.17. The SMILES string of the molecule is Cc1nc(C(=O)c2cccc3ccccc23)c2ccccc2n1. The van der Waals surface area contributed by atoms with E-state index in [0.29, 0.717) is 17.1 Å². The fraction of sp³-hybridized carbons (Fsp3) is 0.0500. The lowest BCUT2D eigenvalue weighted by atomic mass is 9.98. The van der Waals surface area contributed by atoms with Gasteiger partial charge in [0.1, 0.15) is 11.5 Å². The molecule has 0 aliphatic rings. The number of benzene rings is 3. The van der Waals surface area contributed by atoms with Crippen molar-refractivity contribution in [3.05, 3.63) is 83.8 Å². The average molecular weight is 298 g/mol. The quantitative estimate of drug-likeness (QED) is 0.517. The largest absolute Gasteiger partial charge is 0.287 e. The van der Waals surface area contributed by atoms with Gasteiger partial charge in [-0.05, 0) is 23.8 Å². The molecule has 0 bridgehead atoms. The van der Waals surface area contributed by atoms with Gasteiger partial charge in [-0.1, -0.05) is 60.7 Å². The Morgan fingerprint density at radius 3 is 2.35 bits per heavy atom. The summed E-state index contributed by atoms with van der Waals surface area (Å²) in [5.41, 5.74) is 1.93. The zero-order valence-corrected chi connectivity index (χ0v) is 12.7. The smallest absolute Gasteiger partial charge is 0.212 e. The van der Waals surface area contributed by atoms with Crippen molar-refractivity contribution in [1.29, 1.82) is 0 Å². The number of aryl methyl sites for hydroxylation is 1. The maximum Gasteiger partial charge on any atom is 0.212 e. The Balaban J connectivity index is 1.99. The molecule has 0 fully saturated rings. The Labute approximate surface area is 133 Å². The molecule has 4 aromatic rings. The van der Waals surface area contributed by atoms with Crippen LogP contribution in [0.4, 0.5) is 0 Å². The van der Waals surface area contributed by atoms with Crippen LogP contribution in [0.15, 0.2) is 66.7 Å². The van der Waals surface area contributed by atoms with Gasteiger partial charge in [0.2, 0.25) is 5.78 Å². The number of rotatable bonds is 2. The van der Waals surface area contributed by atoms with Crippen LogP contribution in [0.3, 0.4) is 0 Å². The Kier molecular flexibility index (Phi) is 3.12. The van der Waals surface area contributed by atoms with E-state index in [-0.39, 0.29) is 5.78 Å². The topological polar surface area (TPSA) is 42.9 Å². The minimum absolute atomic E-state index is 0.0662. The fourth-order valence-corrected chi connectivity index (χ4v) is 2.92. The molecule has 3 heteroatoms. The molecule has 3 nitrogen and oxygen atoms in total. The van der Waals surface area contributed by atoms with Gasteiger partial charge in [-0.15, -0.1) is 0 Å². The summed E-state index contributed by atoms with van der Waals surface area (Å²) in [6, 6.07) is 21.3. The molecule has 0 atom stereocenters. The third-order valence-electron chi connectivity index (χ3n) is 3.96. The molecule has 1 heterocycles. The molecule has 0 unspecified atom stereocenters. The fourth-order valence-electron chi connectivity index (χ4n) is 2.92. The summed E-state index contributed by atoms with van der Waals surface area (Å²) < 4.78 is 0. The van der Waals surface area contributed by atoms with E-state index < -0.39 is 0 Å². The van der Waals surface area contributed by atoms with Gasteiger partial charge in [0.25, 0.3) is 0 Å². The van der Waals surface area contributed by atoms with Gasteiger partial charge in [-0.25, -0.2) is 9.97 Å². The molecule has 0 aliphatic heterocycles. The third kappa shape index (κ3) is 2.27. The first-order valence-corrected chi connectivity index (χ1v) is 7.50. The van der Waals surface area contributed by atoms with Gasteiger partial charge >= 0.3 is 0 Å². The van der Waals surface area contributed by atoms with Gasteiger partial charge in [0.15, 0.2) is 0 Å². The number of nitrogens with zero attached hydrogens (tertiary/aromatic N) is 2. The molecule has 23 heavy (non-hydrogen) atoms. The Morgan fingerprint density at radius 2 is 1.48 bits per heavy atom. The van der Waals surface area contributed by atoms with Crippen LogP contribution in [-0.4, -0.2) is 15.8 Å². The number of aromatic nitrogens is 2. The zero-order valence-electron chi connectivity index (χ0n) is 12.7. The standard InChI is InChI=1S/C20H14N2O/c1-13-21-18-12-5-4-10-17(18)19(22-13)20(23)16-11-6-8-14-7-2-3-9-15(14)16/h2-12H,1H3. The average Bonchev–Trinajstić information content (AvgIpc) is 2.60. The van der Waals surface area contributed by atoms with Crippen molar-refractivity contribution in [3.63, 3.8) is 0 Å². The first-order valence-electron chi connectivity index (χ1n) is 7.50. The lowest BCUT2D eigenvalue weighted by Gasteiger charge is -2.08. The molecular weight excluding hydrogens is 284 g/mol. The molecule has 0 radical (unpaired) electrons. The summed E-state index contributed by atoms with van der Waals surface area (Å²) in [5.74, 6) is 0.538. The van der Waals surface area contributed by atoms with Crippen LogP contribution in [0, 0.1) is 6.92 Å². The normalized spacial score (nSPS) is 11.0. The van der Waals surface area contributed by atoms with Crippen LogP contribution in [0.25, 0.3) is 21.7 Å². The maximum atomic E-state index is 13.1. The van der Waals surface area contributed by atoms with Gasteiger partial charge < -0.3 is 0 Å². The first kappa shape index (κ1) is 13.6. The van der Waals surface area contributed by atoms with E-state index in [4.69, 9.17) is 0 Å². The van der Waals surface area contributed by atoms with Crippen LogP contribution < -0.4 is 0 Å². The van der Waals surface area contributed by atoms with Crippen LogP contribution in [0.2, 0.25) is 0 Å². The van der Waals surface area contributed by atoms with Crippen molar-refractivity contribution >= 4 is 27.5 Å². The Hall–Kier alpha value is -3.07. The number of para-hydroxylation sites is 1. The summed E-state index contributed by atoms with van der Waals surface area (Å²) in [7, 11) is 0. The van der Waals surface area contributed by atoms with E-state index in [1.54, 1.807) is 0 Å². The van der Waals surface area contributed by atoms with Crippen molar-refractivity contribution in [2.45, 2.75) is 6.92 Å². The highest BCUT2D eigenvalue weighted by Crippen LogP contribution is 2.24. The predicted octanol–water partition coefficient (Wildman–Crippen LogP) is 4.32. The third-order valence-corrected chi connectivity index (χ3v) is 3.96. The summed E-state index contributed by atoms with van der Waals surface area (Å²) in [6.07, 6.45) is 0. The summed E-state index contributed by atoms with van der Waals surface area (Å²) >= 11 is 0. The number of hydrogen-bond donors (Lipinski definition) is 0. The van der Waals surface area contributed by atoms with E-state index in [1.165, 1.54) is 0 Å². The summed E-state index contributed by atoms with van der Waals surface area (Å²) in [5, 5.41) is 2.78. The monoisotopic (exact) mass is 298 g/mol. The van der Waals surface area contributed by atoms with Crippen molar-refractivity contribution in [1.82, 2.24) is 9.97 Å². The van der Waals surface area contributed by atoms with Crippen LogP contribution in [-0.2, 0) is 0 Å². The molecule has 3 aromatic carbocycles. The molecule has 110 valence electrons.